The molecule has 7 nitrogen and oxygen atoms in total. The van der Waals surface area contributed by atoms with Crippen LogP contribution in [0.1, 0.15) is 25.5 Å². The Morgan fingerprint density at radius 2 is 2.03 bits per heavy atom. The SMILES string of the molecule is C=CCOC(=O)[C@H]1[C@H]2NC(=S)N(c3ccccc3OC)[C@@]1(C)Oc1c(OCC)cccc12. The first-order chi connectivity index (χ1) is 15.5. The number of carbonyl (C=O) groups excluding carboxylic acids is 1. The van der Waals surface area contributed by atoms with Crippen LogP contribution in [0, 0.1) is 5.92 Å². The fourth-order valence-corrected chi connectivity index (χ4v) is 4.82. The predicted molar refractivity (Wildman–Crippen MR) is 125 cm³/mol. The smallest absolute Gasteiger partial charge is 0.317 e. The highest BCUT2D eigenvalue weighted by molar-refractivity contribution is 7.80. The molecule has 0 aromatic heterocycles. The van der Waals surface area contributed by atoms with Gasteiger partial charge in [-0.2, -0.15) is 0 Å². The summed E-state index contributed by atoms with van der Waals surface area (Å²) in [6.45, 7) is 7.97. The lowest BCUT2D eigenvalue weighted by atomic mass is 9.79. The van der Waals surface area contributed by atoms with E-state index < -0.39 is 23.7 Å². The van der Waals surface area contributed by atoms with E-state index in [0.29, 0.717) is 34.7 Å². The molecule has 0 aliphatic carbocycles. The molecule has 2 aromatic carbocycles. The van der Waals surface area contributed by atoms with Crippen LogP contribution in [0.15, 0.2) is 55.1 Å². The summed E-state index contributed by atoms with van der Waals surface area (Å²) in [5, 5.41) is 3.76. The summed E-state index contributed by atoms with van der Waals surface area (Å²) in [7, 11) is 1.59. The van der Waals surface area contributed by atoms with E-state index in [1.54, 1.807) is 12.0 Å². The number of nitrogens with zero attached hydrogens (tertiary/aromatic N) is 1. The van der Waals surface area contributed by atoms with Crippen molar-refractivity contribution in [1.29, 1.82) is 0 Å². The average molecular weight is 455 g/mol. The molecule has 2 aromatic rings. The Morgan fingerprint density at radius 3 is 2.75 bits per heavy atom. The maximum atomic E-state index is 13.3. The summed E-state index contributed by atoms with van der Waals surface area (Å²) >= 11 is 5.76. The number of hydrogen-bond acceptors (Lipinski definition) is 6. The Balaban J connectivity index is 1.91. The molecule has 0 radical (unpaired) electrons. The highest BCUT2D eigenvalue weighted by Gasteiger charge is 2.60. The standard InChI is InChI=1S/C24H26N2O5S/c1-5-14-30-22(27)19-20-15-10-9-13-18(29-6-2)21(15)31-24(19,3)26(23(32)25-20)16-11-7-8-12-17(16)28-4/h5,7-13,19-20H,1,6,14H2,2-4H3,(H,25,32)/t19-,20+,24+/m1/s1. The van der Waals surface area contributed by atoms with Crippen LogP contribution in [-0.2, 0) is 9.53 Å². The van der Waals surface area contributed by atoms with E-state index >= 15 is 0 Å². The molecule has 2 aliphatic rings. The van der Waals surface area contributed by atoms with Crippen LogP contribution in [0.25, 0.3) is 0 Å². The molecule has 2 heterocycles. The number of benzene rings is 2. The van der Waals surface area contributed by atoms with Gasteiger partial charge in [-0.1, -0.05) is 36.9 Å². The summed E-state index contributed by atoms with van der Waals surface area (Å²) in [5.74, 6) is 0.628. The van der Waals surface area contributed by atoms with Crippen molar-refractivity contribution in [3.8, 4) is 17.2 Å². The third-order valence-corrected chi connectivity index (χ3v) is 6.01. The molecule has 0 unspecified atom stereocenters. The first-order valence-electron chi connectivity index (χ1n) is 10.4. The molecule has 1 N–H and O–H groups in total. The normalized spacial score (nSPS) is 23.3. The number of anilines is 1. The minimum atomic E-state index is -1.21. The Bertz CT molecular complexity index is 1060. The van der Waals surface area contributed by atoms with Crippen molar-refractivity contribution in [2.75, 3.05) is 25.2 Å². The zero-order valence-electron chi connectivity index (χ0n) is 18.3. The number of nitrogens with one attached hydrogen (secondary N) is 1. The van der Waals surface area contributed by atoms with Gasteiger partial charge in [0.05, 0.1) is 25.4 Å². The molecule has 1 saturated heterocycles. The van der Waals surface area contributed by atoms with Crippen LogP contribution in [0.4, 0.5) is 5.69 Å². The van der Waals surface area contributed by atoms with Crippen molar-refractivity contribution in [3.63, 3.8) is 0 Å². The summed E-state index contributed by atoms with van der Waals surface area (Å²) in [6.07, 6.45) is 1.54. The number of carbonyl (C=O) groups is 1. The van der Waals surface area contributed by atoms with Gasteiger partial charge in [-0.25, -0.2) is 0 Å². The summed E-state index contributed by atoms with van der Waals surface area (Å²) in [4.78, 5) is 15.1. The number of rotatable bonds is 7. The number of thiocarbonyl (C=S) groups is 1. The van der Waals surface area contributed by atoms with Gasteiger partial charge in [-0.05, 0) is 44.3 Å². The van der Waals surface area contributed by atoms with E-state index in [-0.39, 0.29) is 6.61 Å². The second kappa shape index (κ2) is 8.70. The van der Waals surface area contributed by atoms with E-state index in [1.807, 2.05) is 56.3 Å². The van der Waals surface area contributed by atoms with Crippen molar-refractivity contribution >= 4 is 29.0 Å². The van der Waals surface area contributed by atoms with E-state index in [9.17, 15) is 4.79 Å². The molecule has 4 rings (SSSR count). The fourth-order valence-electron chi connectivity index (χ4n) is 4.41. The number of methoxy groups -OCH3 is 1. The van der Waals surface area contributed by atoms with Crippen LogP contribution >= 0.6 is 12.2 Å². The third-order valence-electron chi connectivity index (χ3n) is 5.71. The molecule has 0 saturated carbocycles. The quantitative estimate of drug-likeness (QED) is 0.383. The Labute approximate surface area is 192 Å². The molecular weight excluding hydrogens is 428 g/mol. The first kappa shape index (κ1) is 22.0. The number of esters is 1. The van der Waals surface area contributed by atoms with E-state index in [0.717, 1.165) is 5.56 Å². The summed E-state index contributed by atoms with van der Waals surface area (Å²) < 4.78 is 23.5. The maximum Gasteiger partial charge on any atom is 0.317 e. The van der Waals surface area contributed by atoms with Crippen molar-refractivity contribution < 1.29 is 23.7 Å². The number of hydrogen-bond donors (Lipinski definition) is 1. The molecule has 1 fully saturated rings. The van der Waals surface area contributed by atoms with E-state index in [4.69, 9.17) is 31.2 Å². The van der Waals surface area contributed by atoms with E-state index in [2.05, 4.69) is 11.9 Å². The molecular formula is C24H26N2O5S. The van der Waals surface area contributed by atoms with Gasteiger partial charge in [-0.15, -0.1) is 0 Å². The van der Waals surface area contributed by atoms with Gasteiger partial charge in [0.1, 0.15) is 18.3 Å². The molecule has 32 heavy (non-hydrogen) atoms. The van der Waals surface area contributed by atoms with Gasteiger partial charge < -0.3 is 24.3 Å². The average Bonchev–Trinajstić information content (AvgIpc) is 2.78. The number of para-hydroxylation sites is 3. The number of fused-ring (bicyclic) bond motifs is 4. The van der Waals surface area contributed by atoms with Gasteiger partial charge in [0, 0.05) is 5.56 Å². The molecule has 2 bridgehead atoms. The summed E-state index contributed by atoms with van der Waals surface area (Å²) in [6, 6.07) is 12.6. The summed E-state index contributed by atoms with van der Waals surface area (Å²) in [5.41, 5.74) is 0.253. The Kier molecular flexibility index (Phi) is 5.97. The lowest BCUT2D eigenvalue weighted by molar-refractivity contribution is -0.159. The van der Waals surface area contributed by atoms with Crippen LogP contribution < -0.4 is 24.4 Å². The zero-order chi connectivity index (χ0) is 22.9. The molecule has 8 heteroatoms. The molecule has 0 amide bonds. The van der Waals surface area contributed by atoms with Gasteiger partial charge in [0.15, 0.2) is 16.6 Å². The van der Waals surface area contributed by atoms with Gasteiger partial charge in [0.2, 0.25) is 5.72 Å². The van der Waals surface area contributed by atoms with Crippen molar-refractivity contribution in [3.05, 3.63) is 60.7 Å². The van der Waals surface area contributed by atoms with Gasteiger partial charge in [-0.3, -0.25) is 9.69 Å². The largest absolute Gasteiger partial charge is 0.495 e. The van der Waals surface area contributed by atoms with Crippen LogP contribution in [0.5, 0.6) is 17.2 Å². The van der Waals surface area contributed by atoms with Crippen molar-refractivity contribution in [2.45, 2.75) is 25.6 Å². The minimum Gasteiger partial charge on any atom is -0.495 e. The zero-order valence-corrected chi connectivity index (χ0v) is 19.1. The lowest BCUT2D eigenvalue weighted by Gasteiger charge is -2.55. The van der Waals surface area contributed by atoms with Crippen LogP contribution in [0.2, 0.25) is 0 Å². The van der Waals surface area contributed by atoms with Gasteiger partial charge in [0.25, 0.3) is 0 Å². The van der Waals surface area contributed by atoms with Gasteiger partial charge >= 0.3 is 5.97 Å². The minimum absolute atomic E-state index is 0.100. The van der Waals surface area contributed by atoms with Crippen LogP contribution in [-0.4, -0.2) is 37.1 Å². The molecule has 0 spiro atoms. The molecule has 2 aliphatic heterocycles. The molecule has 3 atom stereocenters. The van der Waals surface area contributed by atoms with Crippen LogP contribution in [0.3, 0.4) is 0 Å². The monoisotopic (exact) mass is 454 g/mol. The predicted octanol–water partition coefficient (Wildman–Crippen LogP) is 3.98. The first-order valence-corrected chi connectivity index (χ1v) is 10.8. The second-order valence-electron chi connectivity index (χ2n) is 7.60. The van der Waals surface area contributed by atoms with Crippen molar-refractivity contribution in [1.82, 2.24) is 5.32 Å². The highest BCUT2D eigenvalue weighted by Crippen LogP contribution is 2.53. The molecule has 168 valence electrons. The Morgan fingerprint density at radius 1 is 1.28 bits per heavy atom. The lowest BCUT2D eigenvalue weighted by Crippen LogP contribution is -2.71. The topological polar surface area (TPSA) is 69.3 Å². The van der Waals surface area contributed by atoms with E-state index in [1.165, 1.54) is 6.08 Å². The second-order valence-corrected chi connectivity index (χ2v) is 7.98. The van der Waals surface area contributed by atoms with Crippen molar-refractivity contribution in [2.24, 2.45) is 5.92 Å². The fraction of sp³-hybridized carbons (Fsp3) is 0.333. The third kappa shape index (κ3) is 3.44. The Hall–Kier alpha value is -3.26. The highest BCUT2D eigenvalue weighted by atomic mass is 32.1. The number of ether oxygens (including phenoxy) is 4. The maximum absolute atomic E-state index is 13.3.